The van der Waals surface area contributed by atoms with E-state index in [4.69, 9.17) is 33.1 Å². The highest BCUT2D eigenvalue weighted by molar-refractivity contribution is 6.42. The van der Waals surface area contributed by atoms with Gasteiger partial charge < -0.3 is 20.3 Å². The number of halogens is 6. The molecule has 14 heteroatoms. The number of hydrogen-bond acceptors (Lipinski definition) is 4. The number of carboxylic acids is 1. The Kier molecular flexibility index (Phi) is 8.29. The van der Waals surface area contributed by atoms with E-state index in [1.54, 1.807) is 27.6 Å². The molecule has 39 heavy (non-hydrogen) atoms. The molecule has 4 heterocycles. The number of amides is 1. The lowest BCUT2D eigenvalue weighted by molar-refractivity contribution is -0.192. The van der Waals surface area contributed by atoms with Gasteiger partial charge in [-0.15, -0.1) is 0 Å². The summed E-state index contributed by atoms with van der Waals surface area (Å²) < 4.78 is 47.9. The number of likely N-dealkylation sites (tertiary alicyclic amines) is 1. The summed E-state index contributed by atoms with van der Waals surface area (Å²) in [7, 11) is 0. The minimum absolute atomic E-state index is 0.0649. The summed E-state index contributed by atoms with van der Waals surface area (Å²) in [5.41, 5.74) is 1.64. The van der Waals surface area contributed by atoms with Crippen LogP contribution in [0.2, 0.25) is 10.2 Å². The molecule has 0 radical (unpaired) electrons. The molecule has 0 unspecified atom stereocenters. The van der Waals surface area contributed by atoms with Crippen molar-refractivity contribution in [3.05, 3.63) is 73.6 Å². The molecule has 2 aliphatic rings. The number of aromatic nitrogens is 2. The number of aliphatic carboxylic acids is 1. The van der Waals surface area contributed by atoms with Crippen LogP contribution in [0.1, 0.15) is 47.3 Å². The Labute approximate surface area is 229 Å². The van der Waals surface area contributed by atoms with Gasteiger partial charge in [0.2, 0.25) is 0 Å². The lowest BCUT2D eigenvalue weighted by Gasteiger charge is -2.39. The van der Waals surface area contributed by atoms with Crippen LogP contribution >= 0.6 is 23.2 Å². The molecule has 2 aliphatic heterocycles. The van der Waals surface area contributed by atoms with Crippen LogP contribution in [-0.2, 0) is 11.2 Å². The van der Waals surface area contributed by atoms with Gasteiger partial charge in [-0.2, -0.15) is 13.2 Å². The van der Waals surface area contributed by atoms with Crippen LogP contribution in [0.15, 0.2) is 35.3 Å². The van der Waals surface area contributed by atoms with Crippen molar-refractivity contribution in [3.63, 3.8) is 0 Å². The van der Waals surface area contributed by atoms with E-state index in [2.05, 4.69) is 10.3 Å². The fraction of sp³-hybridized carbons (Fsp3) is 0.400. The zero-order chi connectivity index (χ0) is 28.5. The van der Waals surface area contributed by atoms with E-state index in [0.29, 0.717) is 30.7 Å². The monoisotopic (exact) mass is 590 g/mol. The number of rotatable bonds is 3. The van der Waals surface area contributed by atoms with E-state index in [-0.39, 0.29) is 32.7 Å². The van der Waals surface area contributed by atoms with Crippen molar-refractivity contribution < 1.29 is 32.3 Å². The third-order valence-corrected chi connectivity index (χ3v) is 7.77. The van der Waals surface area contributed by atoms with Crippen molar-refractivity contribution in [2.75, 3.05) is 19.6 Å². The first-order valence-electron chi connectivity index (χ1n) is 12.0. The summed E-state index contributed by atoms with van der Waals surface area (Å²) in [5, 5.41) is 11.2. The van der Waals surface area contributed by atoms with Gasteiger partial charge in [0.15, 0.2) is 0 Å². The second-order valence-corrected chi connectivity index (χ2v) is 10.3. The fourth-order valence-corrected chi connectivity index (χ4v) is 5.42. The Bertz CT molecular complexity index is 1450. The normalized spacial score (nSPS) is 16.8. The molecule has 8 nitrogen and oxygen atoms in total. The van der Waals surface area contributed by atoms with Gasteiger partial charge in [-0.25, -0.2) is 9.18 Å². The molecule has 2 aromatic heterocycles. The van der Waals surface area contributed by atoms with Gasteiger partial charge in [-0.3, -0.25) is 14.0 Å². The highest BCUT2D eigenvalue weighted by Gasteiger charge is 2.39. The molecule has 3 aromatic rings. The number of piperidine rings is 1. The first-order chi connectivity index (χ1) is 18.3. The summed E-state index contributed by atoms with van der Waals surface area (Å²) in [6.07, 6.45) is 0.898. The van der Waals surface area contributed by atoms with Gasteiger partial charge >= 0.3 is 12.1 Å². The van der Waals surface area contributed by atoms with Crippen LogP contribution in [0.4, 0.5) is 17.6 Å². The number of nitrogens with one attached hydrogen (secondary N) is 2. The fourth-order valence-electron chi connectivity index (χ4n) is 4.98. The third kappa shape index (κ3) is 6.23. The number of alkyl halides is 3. The summed E-state index contributed by atoms with van der Waals surface area (Å²) in [6.45, 7) is 2.26. The van der Waals surface area contributed by atoms with Gasteiger partial charge in [0.25, 0.3) is 11.5 Å². The van der Waals surface area contributed by atoms with Crippen LogP contribution in [-0.4, -0.2) is 62.6 Å². The maximum Gasteiger partial charge on any atom is 0.490 e. The Morgan fingerprint density at radius 3 is 2.36 bits per heavy atom. The topological polar surface area (TPSA) is 107 Å². The summed E-state index contributed by atoms with van der Waals surface area (Å²) >= 11 is 12.4. The molecule has 1 aromatic carbocycles. The maximum absolute atomic E-state index is 14.6. The van der Waals surface area contributed by atoms with Gasteiger partial charge in [-0.1, -0.05) is 29.3 Å². The van der Waals surface area contributed by atoms with Crippen molar-refractivity contribution in [1.82, 2.24) is 19.6 Å². The molecule has 2 saturated heterocycles. The lowest BCUT2D eigenvalue weighted by Crippen LogP contribution is -2.51. The first kappa shape index (κ1) is 28.9. The van der Waals surface area contributed by atoms with Crippen molar-refractivity contribution in [1.29, 1.82) is 0 Å². The lowest BCUT2D eigenvalue weighted by atomic mass is 9.86. The number of carboxylic acid groups (broad SMARTS) is 1. The van der Waals surface area contributed by atoms with E-state index < -0.39 is 18.0 Å². The maximum atomic E-state index is 14.6. The Morgan fingerprint density at radius 1 is 1.10 bits per heavy atom. The number of aromatic amines is 1. The van der Waals surface area contributed by atoms with E-state index in [9.17, 15) is 27.2 Å². The molecule has 0 aliphatic carbocycles. The molecule has 0 saturated carbocycles. The Morgan fingerprint density at radius 2 is 1.77 bits per heavy atom. The predicted octanol–water partition coefficient (Wildman–Crippen LogP) is 4.66. The zero-order valence-electron chi connectivity index (χ0n) is 20.4. The number of carbonyl (C=O) groups is 2. The molecule has 1 amide bonds. The predicted molar refractivity (Wildman–Crippen MR) is 136 cm³/mol. The van der Waals surface area contributed by atoms with E-state index in [1.807, 2.05) is 0 Å². The molecule has 5 rings (SSSR count). The number of hydrogen-bond donors (Lipinski definition) is 3. The second-order valence-electron chi connectivity index (χ2n) is 9.51. The van der Waals surface area contributed by atoms with Crippen LogP contribution in [0.5, 0.6) is 0 Å². The smallest absolute Gasteiger partial charge is 0.475 e. The standard InChI is InChI=1S/C23H23Cl2FN4O2.C2HF3O2/c24-17-12-19-21(31)27-13-15(30(19)20(17)25)10-14-2-3-18(26)16(11-14)22(32)29-8-5-23(6-9-29)4-1-7-28-23;3-2(4,5)1(6)7/h2-3,11-13,28H,1,4-10H2,(H,27,31);(H,6,7). The molecule has 210 valence electrons. The van der Waals surface area contributed by atoms with Crippen LogP contribution in [0.3, 0.4) is 0 Å². The van der Waals surface area contributed by atoms with Crippen molar-refractivity contribution in [2.24, 2.45) is 0 Å². The molecular formula is C25H24Cl2F4N4O4. The summed E-state index contributed by atoms with van der Waals surface area (Å²) in [6, 6.07) is 6.05. The average molecular weight is 591 g/mol. The number of H-pyrrole nitrogens is 1. The highest BCUT2D eigenvalue weighted by atomic mass is 35.5. The molecule has 0 atom stereocenters. The number of nitrogens with zero attached hydrogens (tertiary/aromatic N) is 2. The van der Waals surface area contributed by atoms with E-state index >= 15 is 0 Å². The van der Waals surface area contributed by atoms with Crippen LogP contribution in [0, 0.1) is 5.82 Å². The first-order valence-corrected chi connectivity index (χ1v) is 12.8. The Balaban J connectivity index is 0.000000448. The molecular weight excluding hydrogens is 567 g/mol. The summed E-state index contributed by atoms with van der Waals surface area (Å²) in [4.78, 5) is 38.5. The number of carbonyl (C=O) groups excluding carboxylic acids is 1. The minimum Gasteiger partial charge on any atom is -0.475 e. The van der Waals surface area contributed by atoms with E-state index in [1.165, 1.54) is 18.6 Å². The quantitative estimate of drug-likeness (QED) is 0.385. The van der Waals surface area contributed by atoms with Gasteiger partial charge in [0, 0.05) is 36.9 Å². The molecule has 3 N–H and O–H groups in total. The number of benzene rings is 1. The van der Waals surface area contributed by atoms with Gasteiger partial charge in [0.05, 0.1) is 10.6 Å². The SMILES string of the molecule is O=C(O)C(F)(F)F.O=C(c1cc(Cc2c[nH]c(=O)c3cc(Cl)c(Cl)n23)ccc1F)N1CCC2(CCCN2)CC1. The molecule has 0 bridgehead atoms. The van der Waals surface area contributed by atoms with Crippen molar-refractivity contribution >= 4 is 40.6 Å². The average Bonchev–Trinajstić information content (AvgIpc) is 3.46. The second kappa shape index (κ2) is 11.2. The third-order valence-electron chi connectivity index (χ3n) is 7.02. The number of fused-ring (bicyclic) bond motifs is 1. The molecule has 1 spiro atoms. The van der Waals surface area contributed by atoms with Crippen molar-refractivity contribution in [2.45, 2.75) is 43.8 Å². The van der Waals surface area contributed by atoms with Gasteiger partial charge in [0.1, 0.15) is 16.5 Å². The van der Waals surface area contributed by atoms with Crippen LogP contribution < -0.4 is 10.9 Å². The van der Waals surface area contributed by atoms with Crippen molar-refractivity contribution in [3.8, 4) is 0 Å². The largest absolute Gasteiger partial charge is 0.490 e. The highest BCUT2D eigenvalue weighted by Crippen LogP contribution is 2.32. The zero-order valence-corrected chi connectivity index (χ0v) is 21.9. The summed E-state index contributed by atoms with van der Waals surface area (Å²) in [5.74, 6) is -3.58. The minimum atomic E-state index is -5.08. The Hall–Kier alpha value is -3.09. The van der Waals surface area contributed by atoms with Crippen LogP contribution in [0.25, 0.3) is 5.52 Å². The van der Waals surface area contributed by atoms with Gasteiger partial charge in [-0.05, 0) is 56.0 Å². The molecule has 2 fully saturated rings. The van der Waals surface area contributed by atoms with E-state index in [0.717, 1.165) is 31.4 Å².